The molecule has 0 heterocycles. The van der Waals surface area contributed by atoms with Crippen LogP contribution in [0.15, 0.2) is 42.5 Å². The Morgan fingerprint density at radius 2 is 1.89 bits per heavy atom. The lowest BCUT2D eigenvalue weighted by atomic mass is 10.2. The highest BCUT2D eigenvalue weighted by molar-refractivity contribution is 5.87. The third kappa shape index (κ3) is 6.42. The first-order valence-corrected chi connectivity index (χ1v) is 5.63. The Balaban J connectivity index is 0.00000289. The van der Waals surface area contributed by atoms with E-state index in [-0.39, 0.29) is 18.4 Å². The van der Waals surface area contributed by atoms with Gasteiger partial charge in [0.15, 0.2) is 0 Å². The normalized spacial score (nSPS) is 9.72. The molecule has 3 nitrogen and oxygen atoms in total. The van der Waals surface area contributed by atoms with Crippen LogP contribution in [0.2, 0.25) is 0 Å². The summed E-state index contributed by atoms with van der Waals surface area (Å²) in [6.07, 6.45) is 0.640. The van der Waals surface area contributed by atoms with Gasteiger partial charge in [0.2, 0.25) is 0 Å². The third-order valence-electron chi connectivity index (χ3n) is 2.36. The monoisotopic (exact) mass is 269 g/mol. The summed E-state index contributed by atoms with van der Waals surface area (Å²) in [7, 11) is 3.92. The minimum atomic E-state index is -0.310. The Bertz CT molecular complexity index is 377. The molecule has 0 saturated heterocycles. The maximum Gasteiger partial charge on any atom is 0.333 e. The number of rotatable bonds is 6. The van der Waals surface area contributed by atoms with Gasteiger partial charge in [0, 0.05) is 12.1 Å². The molecule has 0 aromatic heterocycles. The topological polar surface area (TPSA) is 29.5 Å². The molecule has 0 radical (unpaired) electrons. The van der Waals surface area contributed by atoms with E-state index in [9.17, 15) is 4.79 Å². The van der Waals surface area contributed by atoms with E-state index in [0.29, 0.717) is 18.6 Å². The predicted octanol–water partition coefficient (Wildman–Crippen LogP) is 2.66. The molecule has 0 aliphatic heterocycles. The van der Waals surface area contributed by atoms with Crippen molar-refractivity contribution in [3.8, 4) is 0 Å². The molecule has 0 atom stereocenters. The average Bonchev–Trinajstić information content (AvgIpc) is 2.34. The lowest BCUT2D eigenvalue weighted by molar-refractivity contribution is -0.140. The van der Waals surface area contributed by atoms with Gasteiger partial charge >= 0.3 is 5.97 Å². The summed E-state index contributed by atoms with van der Waals surface area (Å²) in [5, 5.41) is 0. The SMILES string of the molecule is C=C(CCN(C)C)C(=O)OCc1ccccc1.Cl. The Hall–Kier alpha value is -1.32. The Morgan fingerprint density at radius 3 is 2.44 bits per heavy atom. The fourth-order valence-corrected chi connectivity index (χ4v) is 1.29. The van der Waals surface area contributed by atoms with Crippen molar-refractivity contribution in [1.29, 1.82) is 0 Å². The summed E-state index contributed by atoms with van der Waals surface area (Å²) < 4.78 is 5.17. The molecule has 1 aromatic carbocycles. The smallest absolute Gasteiger partial charge is 0.333 e. The molecule has 0 fully saturated rings. The van der Waals surface area contributed by atoms with Gasteiger partial charge in [-0.2, -0.15) is 0 Å². The van der Waals surface area contributed by atoms with E-state index in [1.165, 1.54) is 0 Å². The van der Waals surface area contributed by atoms with Crippen molar-refractivity contribution in [2.75, 3.05) is 20.6 Å². The molecule has 0 N–H and O–H groups in total. The second-order valence-electron chi connectivity index (χ2n) is 4.22. The molecule has 0 aliphatic carbocycles. The van der Waals surface area contributed by atoms with Gasteiger partial charge in [0.05, 0.1) is 0 Å². The van der Waals surface area contributed by atoms with E-state index in [1.807, 2.05) is 49.3 Å². The lowest BCUT2D eigenvalue weighted by Gasteiger charge is -2.10. The number of benzene rings is 1. The maximum atomic E-state index is 11.6. The standard InChI is InChI=1S/C14H19NO2.ClH/c1-12(9-10-15(2)3)14(16)17-11-13-7-5-4-6-8-13;/h4-8H,1,9-11H2,2-3H3;1H. The van der Waals surface area contributed by atoms with E-state index in [0.717, 1.165) is 12.1 Å². The van der Waals surface area contributed by atoms with Gasteiger partial charge in [-0.25, -0.2) is 4.79 Å². The molecular weight excluding hydrogens is 250 g/mol. The van der Waals surface area contributed by atoms with Crippen LogP contribution in [0, 0.1) is 0 Å². The Morgan fingerprint density at radius 1 is 1.28 bits per heavy atom. The highest BCUT2D eigenvalue weighted by atomic mass is 35.5. The van der Waals surface area contributed by atoms with Crippen molar-refractivity contribution in [2.45, 2.75) is 13.0 Å². The van der Waals surface area contributed by atoms with Gasteiger partial charge in [-0.3, -0.25) is 0 Å². The number of carbonyl (C=O) groups excluding carboxylic acids is 1. The summed E-state index contributed by atoms with van der Waals surface area (Å²) in [6, 6.07) is 9.63. The molecule has 0 amide bonds. The van der Waals surface area contributed by atoms with Crippen LogP contribution in [-0.2, 0) is 16.1 Å². The number of esters is 1. The van der Waals surface area contributed by atoms with Crippen LogP contribution in [-0.4, -0.2) is 31.5 Å². The molecular formula is C14H20ClNO2. The van der Waals surface area contributed by atoms with Crippen LogP contribution in [0.3, 0.4) is 0 Å². The first-order chi connectivity index (χ1) is 8.09. The molecule has 4 heteroatoms. The lowest BCUT2D eigenvalue weighted by Crippen LogP contribution is -2.16. The summed E-state index contributed by atoms with van der Waals surface area (Å²) in [6.45, 7) is 4.85. The van der Waals surface area contributed by atoms with Crippen LogP contribution in [0.5, 0.6) is 0 Å². The second-order valence-corrected chi connectivity index (χ2v) is 4.22. The minimum Gasteiger partial charge on any atom is -0.457 e. The molecule has 1 aromatic rings. The van der Waals surface area contributed by atoms with Gasteiger partial charge in [0.1, 0.15) is 6.61 Å². The fourth-order valence-electron chi connectivity index (χ4n) is 1.29. The molecule has 1 rings (SSSR count). The summed E-state index contributed by atoms with van der Waals surface area (Å²) in [4.78, 5) is 13.6. The Kier molecular flexibility index (Phi) is 8.08. The first kappa shape index (κ1) is 16.7. The number of halogens is 1. The largest absolute Gasteiger partial charge is 0.457 e. The summed E-state index contributed by atoms with van der Waals surface area (Å²) in [5.74, 6) is -0.310. The second kappa shape index (κ2) is 8.72. The van der Waals surface area contributed by atoms with Crippen molar-refractivity contribution >= 4 is 18.4 Å². The highest BCUT2D eigenvalue weighted by Gasteiger charge is 2.08. The Labute approximate surface area is 115 Å². The van der Waals surface area contributed by atoms with E-state index < -0.39 is 0 Å². The highest BCUT2D eigenvalue weighted by Crippen LogP contribution is 2.06. The van der Waals surface area contributed by atoms with Crippen LogP contribution in [0.25, 0.3) is 0 Å². The molecule has 0 aliphatic rings. The maximum absolute atomic E-state index is 11.6. The molecule has 100 valence electrons. The fraction of sp³-hybridized carbons (Fsp3) is 0.357. The van der Waals surface area contributed by atoms with Crippen LogP contribution < -0.4 is 0 Å². The zero-order chi connectivity index (χ0) is 12.7. The van der Waals surface area contributed by atoms with E-state index >= 15 is 0 Å². The number of hydrogen-bond acceptors (Lipinski definition) is 3. The van der Waals surface area contributed by atoms with E-state index in [2.05, 4.69) is 6.58 Å². The molecule has 0 unspecified atom stereocenters. The van der Waals surface area contributed by atoms with E-state index in [1.54, 1.807) is 0 Å². The predicted molar refractivity (Wildman–Crippen MR) is 75.8 cm³/mol. The van der Waals surface area contributed by atoms with Gasteiger partial charge in [0.25, 0.3) is 0 Å². The van der Waals surface area contributed by atoms with Gasteiger partial charge in [-0.1, -0.05) is 36.9 Å². The molecule has 0 spiro atoms. The zero-order valence-corrected chi connectivity index (χ0v) is 11.7. The minimum absolute atomic E-state index is 0. The van der Waals surface area contributed by atoms with Crippen molar-refractivity contribution in [3.05, 3.63) is 48.0 Å². The number of hydrogen-bond donors (Lipinski definition) is 0. The van der Waals surface area contributed by atoms with Crippen LogP contribution in [0.4, 0.5) is 0 Å². The molecule has 0 saturated carbocycles. The summed E-state index contributed by atoms with van der Waals surface area (Å²) in [5.41, 5.74) is 1.51. The van der Waals surface area contributed by atoms with Gasteiger partial charge in [-0.15, -0.1) is 12.4 Å². The van der Waals surface area contributed by atoms with Gasteiger partial charge in [-0.05, 0) is 26.1 Å². The molecule has 18 heavy (non-hydrogen) atoms. The number of carbonyl (C=O) groups is 1. The quantitative estimate of drug-likeness (QED) is 0.587. The van der Waals surface area contributed by atoms with E-state index in [4.69, 9.17) is 4.74 Å². The average molecular weight is 270 g/mol. The summed E-state index contributed by atoms with van der Waals surface area (Å²) >= 11 is 0. The number of ether oxygens (including phenoxy) is 1. The van der Waals surface area contributed by atoms with Crippen molar-refractivity contribution < 1.29 is 9.53 Å². The number of nitrogens with zero attached hydrogens (tertiary/aromatic N) is 1. The molecule has 0 bridgehead atoms. The first-order valence-electron chi connectivity index (χ1n) is 5.63. The zero-order valence-electron chi connectivity index (χ0n) is 10.9. The van der Waals surface area contributed by atoms with Gasteiger partial charge < -0.3 is 9.64 Å². The van der Waals surface area contributed by atoms with Crippen molar-refractivity contribution in [1.82, 2.24) is 4.90 Å². The van der Waals surface area contributed by atoms with Crippen molar-refractivity contribution in [2.24, 2.45) is 0 Å². The van der Waals surface area contributed by atoms with Crippen molar-refractivity contribution in [3.63, 3.8) is 0 Å². The van der Waals surface area contributed by atoms with Crippen LogP contribution >= 0.6 is 12.4 Å². The van der Waals surface area contributed by atoms with Crippen LogP contribution in [0.1, 0.15) is 12.0 Å². The third-order valence-corrected chi connectivity index (χ3v) is 2.36.